The maximum atomic E-state index is 12.2. The van der Waals surface area contributed by atoms with Crippen molar-refractivity contribution in [1.82, 2.24) is 5.32 Å². The van der Waals surface area contributed by atoms with Gasteiger partial charge in [-0.2, -0.15) is 11.8 Å². The third-order valence-corrected chi connectivity index (χ3v) is 5.46. The summed E-state index contributed by atoms with van der Waals surface area (Å²) in [6, 6.07) is 4.29. The number of carbonyl (C=O) groups excluding carboxylic acids is 1. The summed E-state index contributed by atoms with van der Waals surface area (Å²) < 4.78 is 0.0884. The van der Waals surface area contributed by atoms with Crippen molar-refractivity contribution in [2.75, 3.05) is 18.5 Å². The molecule has 0 atom stereocenters. The lowest BCUT2D eigenvalue weighted by Crippen LogP contribution is -2.38. The van der Waals surface area contributed by atoms with Crippen molar-refractivity contribution in [3.05, 3.63) is 33.9 Å². The van der Waals surface area contributed by atoms with Gasteiger partial charge in [-0.25, -0.2) is 0 Å². The van der Waals surface area contributed by atoms with Crippen molar-refractivity contribution in [2.24, 2.45) is 0 Å². The summed E-state index contributed by atoms with van der Waals surface area (Å²) in [7, 11) is 0. The molecule has 1 aromatic carbocycles. The van der Waals surface area contributed by atoms with Crippen LogP contribution in [0, 0.1) is 10.1 Å². The van der Waals surface area contributed by atoms with Crippen molar-refractivity contribution < 1.29 is 9.72 Å². The third-order valence-electron chi connectivity index (χ3n) is 4.04. The molecule has 1 amide bonds. The highest BCUT2D eigenvalue weighted by atomic mass is 32.2. The molecule has 114 valence electrons. The Balaban J connectivity index is 2.10. The number of thioether (sulfide) groups is 1. The molecular weight excluding hydrogens is 290 g/mol. The van der Waals surface area contributed by atoms with E-state index in [4.69, 9.17) is 5.73 Å². The number of nitro groups is 1. The number of nitrogens with two attached hydrogens (primary N) is 1. The summed E-state index contributed by atoms with van der Waals surface area (Å²) in [5.74, 6) is -0.350. The van der Waals surface area contributed by atoms with Gasteiger partial charge in [-0.1, -0.05) is 18.9 Å². The Morgan fingerprint density at radius 2 is 2.14 bits per heavy atom. The van der Waals surface area contributed by atoms with Crippen molar-refractivity contribution in [1.29, 1.82) is 0 Å². The molecule has 1 aromatic rings. The van der Waals surface area contributed by atoms with E-state index < -0.39 is 4.92 Å². The van der Waals surface area contributed by atoms with Crippen LogP contribution in [0.5, 0.6) is 0 Å². The van der Waals surface area contributed by atoms with Gasteiger partial charge < -0.3 is 11.1 Å². The number of para-hydroxylation sites is 1. The fraction of sp³-hybridized carbons (Fsp3) is 0.500. The highest BCUT2D eigenvalue weighted by Gasteiger charge is 2.33. The standard InChI is InChI=1S/C14H19N3O3S/c1-21-14(7-2-3-8-14)9-16-13(18)10-5-4-6-11(12(10)15)17(19)20/h4-6H,2-3,7-9,15H2,1H3,(H,16,18). The van der Waals surface area contributed by atoms with Crippen LogP contribution < -0.4 is 11.1 Å². The van der Waals surface area contributed by atoms with Crippen LogP contribution in [0.15, 0.2) is 18.2 Å². The quantitative estimate of drug-likeness (QED) is 0.495. The zero-order valence-corrected chi connectivity index (χ0v) is 12.7. The molecular formula is C14H19N3O3S. The van der Waals surface area contributed by atoms with E-state index in [-0.39, 0.29) is 27.6 Å². The number of rotatable bonds is 5. The summed E-state index contributed by atoms with van der Waals surface area (Å²) in [6.07, 6.45) is 6.57. The van der Waals surface area contributed by atoms with E-state index in [0.29, 0.717) is 6.54 Å². The Kier molecular flexibility index (Phi) is 4.72. The lowest BCUT2D eigenvalue weighted by atomic mass is 10.1. The monoisotopic (exact) mass is 309 g/mol. The second-order valence-electron chi connectivity index (χ2n) is 5.27. The first-order valence-electron chi connectivity index (χ1n) is 6.85. The average molecular weight is 309 g/mol. The van der Waals surface area contributed by atoms with Gasteiger partial charge in [-0.05, 0) is 25.2 Å². The molecule has 6 nitrogen and oxygen atoms in total. The van der Waals surface area contributed by atoms with Crippen LogP contribution in [0.1, 0.15) is 36.0 Å². The smallest absolute Gasteiger partial charge is 0.292 e. The van der Waals surface area contributed by atoms with E-state index in [2.05, 4.69) is 11.6 Å². The number of benzene rings is 1. The van der Waals surface area contributed by atoms with E-state index in [9.17, 15) is 14.9 Å². The van der Waals surface area contributed by atoms with Crippen LogP contribution >= 0.6 is 11.8 Å². The third kappa shape index (κ3) is 3.29. The van der Waals surface area contributed by atoms with E-state index in [0.717, 1.165) is 12.8 Å². The molecule has 1 aliphatic carbocycles. The van der Waals surface area contributed by atoms with Crippen LogP contribution in [0.25, 0.3) is 0 Å². The van der Waals surface area contributed by atoms with Crippen molar-refractivity contribution in [3.8, 4) is 0 Å². The Morgan fingerprint density at radius 1 is 1.48 bits per heavy atom. The highest BCUT2D eigenvalue weighted by Crippen LogP contribution is 2.39. The SMILES string of the molecule is CSC1(CNC(=O)c2cccc([N+](=O)[O-])c2N)CCCC1. The molecule has 0 radical (unpaired) electrons. The number of nitro benzene ring substituents is 1. The van der Waals surface area contributed by atoms with Crippen LogP contribution in [0.2, 0.25) is 0 Å². The fourth-order valence-electron chi connectivity index (χ4n) is 2.72. The molecule has 0 aromatic heterocycles. The molecule has 3 N–H and O–H groups in total. The minimum absolute atomic E-state index is 0.0791. The number of amides is 1. The lowest BCUT2D eigenvalue weighted by molar-refractivity contribution is -0.383. The van der Waals surface area contributed by atoms with Gasteiger partial charge in [0.15, 0.2) is 0 Å². The number of anilines is 1. The molecule has 21 heavy (non-hydrogen) atoms. The predicted octanol–water partition coefficient (Wildman–Crippen LogP) is 2.58. The maximum Gasteiger partial charge on any atom is 0.292 e. The van der Waals surface area contributed by atoms with E-state index in [1.807, 2.05) is 0 Å². The first-order chi connectivity index (χ1) is 9.99. The number of carbonyl (C=O) groups is 1. The molecule has 0 spiro atoms. The summed E-state index contributed by atoms with van der Waals surface area (Å²) in [6.45, 7) is 0.565. The summed E-state index contributed by atoms with van der Waals surface area (Å²) in [4.78, 5) is 22.5. The zero-order valence-electron chi connectivity index (χ0n) is 11.9. The topological polar surface area (TPSA) is 98.3 Å². The maximum absolute atomic E-state index is 12.2. The van der Waals surface area contributed by atoms with Crippen LogP contribution in [-0.2, 0) is 0 Å². The van der Waals surface area contributed by atoms with Gasteiger partial charge >= 0.3 is 0 Å². The molecule has 0 bridgehead atoms. The fourth-order valence-corrected chi connectivity index (χ4v) is 3.63. The molecule has 1 saturated carbocycles. The highest BCUT2D eigenvalue weighted by molar-refractivity contribution is 8.00. The summed E-state index contributed by atoms with van der Waals surface area (Å²) in [5, 5.41) is 13.7. The molecule has 0 unspecified atom stereocenters. The summed E-state index contributed by atoms with van der Waals surface area (Å²) in [5.41, 5.74) is 5.58. The molecule has 1 aliphatic rings. The molecule has 0 aliphatic heterocycles. The average Bonchev–Trinajstić information content (AvgIpc) is 2.94. The van der Waals surface area contributed by atoms with E-state index in [1.54, 1.807) is 11.8 Å². The summed E-state index contributed by atoms with van der Waals surface area (Å²) >= 11 is 1.78. The van der Waals surface area contributed by atoms with Crippen molar-refractivity contribution in [3.63, 3.8) is 0 Å². The van der Waals surface area contributed by atoms with E-state index in [1.165, 1.54) is 31.0 Å². The zero-order chi connectivity index (χ0) is 15.5. The number of hydrogen-bond acceptors (Lipinski definition) is 5. The lowest BCUT2D eigenvalue weighted by Gasteiger charge is -2.27. The Hall–Kier alpha value is -1.76. The van der Waals surface area contributed by atoms with Crippen molar-refractivity contribution in [2.45, 2.75) is 30.4 Å². The minimum atomic E-state index is -0.577. The first-order valence-corrected chi connectivity index (χ1v) is 8.08. The number of nitrogens with zero attached hydrogens (tertiary/aromatic N) is 1. The Morgan fingerprint density at radius 3 is 2.71 bits per heavy atom. The molecule has 7 heteroatoms. The molecule has 0 heterocycles. The predicted molar refractivity (Wildman–Crippen MR) is 84.6 cm³/mol. The van der Waals surface area contributed by atoms with Gasteiger partial charge in [0.1, 0.15) is 5.69 Å². The van der Waals surface area contributed by atoms with Gasteiger partial charge in [0.2, 0.25) is 0 Å². The molecule has 2 rings (SSSR count). The normalized spacial score (nSPS) is 16.6. The van der Waals surface area contributed by atoms with Crippen LogP contribution in [0.3, 0.4) is 0 Å². The van der Waals surface area contributed by atoms with Gasteiger partial charge in [0.25, 0.3) is 11.6 Å². The van der Waals surface area contributed by atoms with Crippen molar-refractivity contribution >= 4 is 29.0 Å². The van der Waals surface area contributed by atoms with Gasteiger partial charge in [0, 0.05) is 17.4 Å². The van der Waals surface area contributed by atoms with E-state index >= 15 is 0 Å². The van der Waals surface area contributed by atoms with Gasteiger partial charge in [-0.15, -0.1) is 0 Å². The number of nitrogen functional groups attached to an aromatic ring is 1. The second-order valence-corrected chi connectivity index (χ2v) is 6.55. The Labute approximate surface area is 127 Å². The van der Waals surface area contributed by atoms with Gasteiger partial charge in [0.05, 0.1) is 10.5 Å². The first kappa shape index (κ1) is 15.6. The Bertz CT molecular complexity index is 556. The molecule has 0 saturated heterocycles. The van der Waals surface area contributed by atoms with Crippen LogP contribution in [-0.4, -0.2) is 28.4 Å². The number of nitrogens with one attached hydrogen (secondary N) is 1. The van der Waals surface area contributed by atoms with Crippen LogP contribution in [0.4, 0.5) is 11.4 Å². The largest absolute Gasteiger partial charge is 0.393 e. The minimum Gasteiger partial charge on any atom is -0.393 e. The second kappa shape index (κ2) is 6.34. The molecule has 1 fully saturated rings. The van der Waals surface area contributed by atoms with Gasteiger partial charge in [-0.3, -0.25) is 14.9 Å². The number of hydrogen-bond donors (Lipinski definition) is 2.